The standard InChI is InChI=1S/C31H40BrN3O6S/c1-3-5-16-41-30(39)24-25-28(37)35(23(20-36)21-9-7-6-8-10-21)27(31(25)19-22(32)26(24)42-31)29(38)34(11-4-2)13-12-33-14-17-40-18-15-33/h3-4,6-10,22-27,36H,1-2,5,11-20H2/t22?,23-,24+,25+,26+,27?,31?/m1/s1. The summed E-state index contributed by atoms with van der Waals surface area (Å²) in [6.45, 7) is 11.8. The Bertz CT molecular complexity index is 1170. The number of fused-ring (bicyclic) bond motifs is 1. The monoisotopic (exact) mass is 661 g/mol. The zero-order valence-corrected chi connectivity index (χ0v) is 26.2. The normalized spacial score (nSPS) is 31.0. The molecule has 0 saturated carbocycles. The first-order chi connectivity index (χ1) is 20.4. The van der Waals surface area contributed by atoms with E-state index in [-0.39, 0.29) is 35.1 Å². The number of esters is 1. The van der Waals surface area contributed by atoms with Gasteiger partial charge in [-0.1, -0.05) is 58.4 Å². The summed E-state index contributed by atoms with van der Waals surface area (Å²) in [5.41, 5.74) is 0.742. The Morgan fingerprint density at radius 2 is 1.98 bits per heavy atom. The van der Waals surface area contributed by atoms with Crippen LogP contribution in [0.15, 0.2) is 55.6 Å². The van der Waals surface area contributed by atoms with Gasteiger partial charge in [0, 0.05) is 42.8 Å². The number of aliphatic hydroxyl groups excluding tert-OH is 1. The summed E-state index contributed by atoms with van der Waals surface area (Å²) in [7, 11) is 0. The van der Waals surface area contributed by atoms with E-state index in [2.05, 4.69) is 34.0 Å². The van der Waals surface area contributed by atoms with Crippen LogP contribution in [-0.4, -0.2) is 118 Å². The largest absolute Gasteiger partial charge is 0.465 e. The van der Waals surface area contributed by atoms with Crippen LogP contribution in [0.3, 0.4) is 0 Å². The summed E-state index contributed by atoms with van der Waals surface area (Å²) >= 11 is 5.37. The average molecular weight is 663 g/mol. The number of ether oxygens (including phenoxy) is 2. The Morgan fingerprint density at radius 3 is 2.64 bits per heavy atom. The molecule has 228 valence electrons. The summed E-state index contributed by atoms with van der Waals surface area (Å²) in [5, 5.41) is 10.5. The molecule has 9 nitrogen and oxygen atoms in total. The Hall–Kier alpha value is -2.18. The van der Waals surface area contributed by atoms with E-state index in [1.165, 1.54) is 0 Å². The van der Waals surface area contributed by atoms with E-state index in [1.54, 1.807) is 33.7 Å². The van der Waals surface area contributed by atoms with Gasteiger partial charge in [-0.25, -0.2) is 0 Å². The maximum absolute atomic E-state index is 14.7. The van der Waals surface area contributed by atoms with Gasteiger partial charge in [-0.15, -0.1) is 24.9 Å². The molecule has 1 spiro atoms. The number of likely N-dealkylation sites (tertiary alicyclic amines) is 1. The molecule has 4 saturated heterocycles. The van der Waals surface area contributed by atoms with Gasteiger partial charge in [0.1, 0.15) is 6.04 Å². The van der Waals surface area contributed by atoms with Gasteiger partial charge < -0.3 is 24.4 Å². The summed E-state index contributed by atoms with van der Waals surface area (Å²) < 4.78 is 10.3. The number of benzene rings is 1. The highest BCUT2D eigenvalue weighted by atomic mass is 79.9. The van der Waals surface area contributed by atoms with Crippen molar-refractivity contribution >= 4 is 45.5 Å². The van der Waals surface area contributed by atoms with Gasteiger partial charge in [0.2, 0.25) is 11.8 Å². The molecule has 5 rings (SSSR count). The SMILES string of the molecule is C=CCCOC(=O)[C@H]1[C@H]2C(=O)N([C@H](CO)c3ccccc3)C(C(=O)N(CC=C)CCN3CCOCC3)C23CC(Br)[C@@H]1S3. The third-order valence-corrected chi connectivity index (χ3v) is 12.2. The second-order valence-electron chi connectivity index (χ2n) is 11.3. The molecular formula is C31H40BrN3O6S. The number of alkyl halides is 1. The van der Waals surface area contributed by atoms with Gasteiger partial charge in [0.15, 0.2) is 0 Å². The molecule has 1 aromatic rings. The maximum atomic E-state index is 14.7. The van der Waals surface area contributed by atoms with E-state index in [1.807, 2.05) is 30.3 Å². The minimum absolute atomic E-state index is 0.0655. The van der Waals surface area contributed by atoms with Crippen molar-refractivity contribution in [2.75, 3.05) is 59.2 Å². The maximum Gasteiger partial charge on any atom is 0.310 e. The minimum Gasteiger partial charge on any atom is -0.465 e. The van der Waals surface area contributed by atoms with Gasteiger partial charge in [-0.3, -0.25) is 19.3 Å². The van der Waals surface area contributed by atoms with E-state index in [0.717, 1.165) is 18.7 Å². The second-order valence-corrected chi connectivity index (χ2v) is 14.0. The molecule has 2 amide bonds. The third kappa shape index (κ3) is 5.70. The van der Waals surface area contributed by atoms with Crippen LogP contribution in [-0.2, 0) is 23.9 Å². The number of aliphatic hydroxyl groups is 1. The number of hydrogen-bond acceptors (Lipinski definition) is 8. The van der Waals surface area contributed by atoms with E-state index >= 15 is 0 Å². The molecule has 4 fully saturated rings. The van der Waals surface area contributed by atoms with Crippen LogP contribution in [0.25, 0.3) is 0 Å². The first kappa shape index (κ1) is 31.3. The first-order valence-corrected chi connectivity index (χ1v) is 16.4. The highest BCUT2D eigenvalue weighted by Gasteiger charge is 2.76. The molecule has 0 radical (unpaired) electrons. The van der Waals surface area contributed by atoms with Gasteiger partial charge in [-0.05, 0) is 18.4 Å². The van der Waals surface area contributed by atoms with E-state index in [4.69, 9.17) is 9.47 Å². The highest BCUT2D eigenvalue weighted by molar-refractivity contribution is 9.09. The number of amides is 2. The zero-order chi connectivity index (χ0) is 29.9. The van der Waals surface area contributed by atoms with E-state index in [0.29, 0.717) is 45.7 Å². The van der Waals surface area contributed by atoms with Gasteiger partial charge in [0.05, 0.1) is 49.1 Å². The molecule has 0 aliphatic carbocycles. The lowest BCUT2D eigenvalue weighted by Gasteiger charge is -2.40. The lowest BCUT2D eigenvalue weighted by atomic mass is 9.71. The van der Waals surface area contributed by atoms with Crippen LogP contribution in [0, 0.1) is 11.8 Å². The number of thioether (sulfide) groups is 1. The first-order valence-electron chi connectivity index (χ1n) is 14.6. The lowest BCUT2D eigenvalue weighted by molar-refractivity contribution is -0.154. The predicted octanol–water partition coefficient (Wildman–Crippen LogP) is 2.65. The Labute approximate surface area is 260 Å². The van der Waals surface area contributed by atoms with Crippen molar-refractivity contribution in [1.29, 1.82) is 0 Å². The number of morpholine rings is 1. The summed E-state index contributed by atoms with van der Waals surface area (Å²) in [5.74, 6) is -2.29. The molecule has 1 aromatic carbocycles. The number of carbonyl (C=O) groups excluding carboxylic acids is 3. The molecule has 3 unspecified atom stereocenters. The van der Waals surface area contributed by atoms with E-state index in [9.17, 15) is 19.5 Å². The molecule has 4 heterocycles. The van der Waals surface area contributed by atoms with Crippen molar-refractivity contribution in [3.05, 3.63) is 61.2 Å². The van der Waals surface area contributed by atoms with Crippen molar-refractivity contribution in [2.24, 2.45) is 11.8 Å². The zero-order valence-electron chi connectivity index (χ0n) is 23.8. The number of carbonyl (C=O) groups is 3. The van der Waals surface area contributed by atoms with Crippen molar-refractivity contribution in [1.82, 2.24) is 14.7 Å². The van der Waals surface area contributed by atoms with Crippen molar-refractivity contribution in [3.63, 3.8) is 0 Å². The summed E-state index contributed by atoms with van der Waals surface area (Å²) in [4.78, 5) is 48.4. The smallest absolute Gasteiger partial charge is 0.310 e. The Morgan fingerprint density at radius 1 is 1.24 bits per heavy atom. The van der Waals surface area contributed by atoms with Gasteiger partial charge in [0.25, 0.3) is 0 Å². The average Bonchev–Trinajstić information content (AvgIpc) is 3.60. The molecular weight excluding hydrogens is 622 g/mol. The van der Waals surface area contributed by atoms with Crippen molar-refractivity contribution in [2.45, 2.75) is 39.7 Å². The van der Waals surface area contributed by atoms with Crippen LogP contribution in [0.5, 0.6) is 0 Å². The van der Waals surface area contributed by atoms with Crippen molar-refractivity contribution in [3.8, 4) is 0 Å². The lowest BCUT2D eigenvalue weighted by Crippen LogP contribution is -2.57. The summed E-state index contributed by atoms with van der Waals surface area (Å²) in [6, 6.07) is 7.71. The van der Waals surface area contributed by atoms with Crippen LogP contribution in [0.2, 0.25) is 0 Å². The van der Waals surface area contributed by atoms with Crippen LogP contribution >= 0.6 is 27.7 Å². The molecule has 4 aliphatic rings. The molecule has 42 heavy (non-hydrogen) atoms. The Balaban J connectivity index is 1.53. The fourth-order valence-corrected chi connectivity index (χ4v) is 10.6. The fraction of sp³-hybridized carbons (Fsp3) is 0.581. The second kappa shape index (κ2) is 13.6. The van der Waals surface area contributed by atoms with Crippen LogP contribution in [0.4, 0.5) is 0 Å². The third-order valence-electron chi connectivity index (χ3n) is 8.94. The number of halogens is 1. The molecule has 0 aromatic heterocycles. The highest BCUT2D eigenvalue weighted by Crippen LogP contribution is 2.68. The summed E-state index contributed by atoms with van der Waals surface area (Å²) in [6.07, 6.45) is 4.47. The van der Waals surface area contributed by atoms with E-state index < -0.39 is 34.6 Å². The molecule has 7 atom stereocenters. The van der Waals surface area contributed by atoms with Crippen molar-refractivity contribution < 1.29 is 29.0 Å². The Kier molecular flexibility index (Phi) is 10.1. The number of nitrogens with zero attached hydrogens (tertiary/aromatic N) is 3. The quantitative estimate of drug-likeness (QED) is 0.149. The fourth-order valence-electron chi connectivity index (χ4n) is 7.03. The van der Waals surface area contributed by atoms with Crippen LogP contribution in [0.1, 0.15) is 24.4 Å². The van der Waals surface area contributed by atoms with Gasteiger partial charge in [-0.2, -0.15) is 0 Å². The molecule has 2 bridgehead atoms. The predicted molar refractivity (Wildman–Crippen MR) is 165 cm³/mol. The van der Waals surface area contributed by atoms with Crippen LogP contribution < -0.4 is 0 Å². The number of hydrogen-bond donors (Lipinski definition) is 1. The molecule has 1 N–H and O–H groups in total. The molecule has 4 aliphatic heterocycles. The number of rotatable bonds is 13. The van der Waals surface area contributed by atoms with Gasteiger partial charge >= 0.3 is 5.97 Å². The molecule has 11 heteroatoms. The minimum atomic E-state index is -0.863. The topological polar surface area (TPSA) is 99.6 Å².